The van der Waals surface area contributed by atoms with E-state index in [2.05, 4.69) is 27.2 Å². The minimum atomic E-state index is -3.71. The summed E-state index contributed by atoms with van der Waals surface area (Å²) in [6.45, 7) is 3.71. The number of H-pyrrole nitrogens is 1. The first-order valence-corrected chi connectivity index (χ1v) is 9.59. The van der Waals surface area contributed by atoms with Crippen LogP contribution >= 0.6 is 37.2 Å². The van der Waals surface area contributed by atoms with Crippen molar-refractivity contribution in [2.45, 2.75) is 24.2 Å². The second-order valence-corrected chi connectivity index (χ2v) is 7.62. The fourth-order valence-corrected chi connectivity index (χ4v) is 3.36. The molecule has 3 rings (SSSR count). The van der Waals surface area contributed by atoms with Gasteiger partial charge in [-0.2, -0.15) is 0 Å². The normalized spacial score (nSPS) is 11.8. The number of imidazole rings is 1. The largest absolute Gasteiger partial charge is 0.348 e. The van der Waals surface area contributed by atoms with Gasteiger partial charge in [0.05, 0.1) is 16.9 Å². The van der Waals surface area contributed by atoms with Crippen LogP contribution in [0.5, 0.6) is 0 Å². The molecule has 1 atom stereocenters. The molecule has 0 bridgehead atoms. The lowest BCUT2D eigenvalue weighted by Crippen LogP contribution is -2.23. The average molecular weight is 469 g/mol. The molecule has 0 spiro atoms. The molecule has 7 nitrogen and oxygen atoms in total. The number of hydrogen-bond acceptors (Lipinski definition) is 5. The molecule has 0 amide bonds. The number of aromatic amines is 1. The molecule has 0 fully saturated rings. The second kappa shape index (κ2) is 11.5. The molecule has 2 aromatic heterocycles. The standard InChI is InChI=1S/C17H21N5O2S.3ClH/c1-12(9-19-6-5-14-10-20-11-22-14)17-16-3-2-15(25(18,23)24)8-13(16)4-7-21-17;;;/h2-4,7-8,10-12,19H,5-6,9H2,1H3,(H,20,22)(H2,18,23,24);3*1H/t12-;;;/m1.../s1. The van der Waals surface area contributed by atoms with Gasteiger partial charge in [-0.25, -0.2) is 18.5 Å². The van der Waals surface area contributed by atoms with Crippen LogP contribution in [0.4, 0.5) is 0 Å². The topological polar surface area (TPSA) is 114 Å². The van der Waals surface area contributed by atoms with Crippen molar-refractivity contribution < 1.29 is 8.42 Å². The van der Waals surface area contributed by atoms with Crippen LogP contribution in [0.15, 0.2) is 47.9 Å². The van der Waals surface area contributed by atoms with Gasteiger partial charge in [0.15, 0.2) is 0 Å². The Hall–Kier alpha value is -1.42. The van der Waals surface area contributed by atoms with E-state index in [1.165, 1.54) is 6.07 Å². The van der Waals surface area contributed by atoms with Crippen LogP contribution in [-0.4, -0.2) is 36.5 Å². The number of aromatic nitrogens is 3. The quantitative estimate of drug-likeness (QED) is 0.461. The number of benzene rings is 1. The van der Waals surface area contributed by atoms with E-state index in [1.807, 2.05) is 6.20 Å². The van der Waals surface area contributed by atoms with Gasteiger partial charge in [-0.05, 0) is 23.6 Å². The Labute approximate surface area is 183 Å². The van der Waals surface area contributed by atoms with E-state index in [0.717, 1.165) is 41.7 Å². The summed E-state index contributed by atoms with van der Waals surface area (Å²) in [6.07, 6.45) is 6.08. The number of nitrogens with one attached hydrogen (secondary N) is 2. The predicted octanol–water partition coefficient (Wildman–Crippen LogP) is 2.81. The Kier molecular flexibility index (Phi) is 11.0. The van der Waals surface area contributed by atoms with Crippen LogP contribution < -0.4 is 10.5 Å². The molecule has 4 N–H and O–H groups in total. The maximum Gasteiger partial charge on any atom is 0.238 e. The van der Waals surface area contributed by atoms with Gasteiger partial charge in [-0.3, -0.25) is 4.98 Å². The number of rotatable bonds is 7. The zero-order valence-electron chi connectivity index (χ0n) is 15.2. The lowest BCUT2D eigenvalue weighted by atomic mass is 10.0. The van der Waals surface area contributed by atoms with Crippen LogP contribution in [0.3, 0.4) is 0 Å². The number of nitrogens with zero attached hydrogens (tertiary/aromatic N) is 2. The fourth-order valence-electron chi connectivity index (χ4n) is 2.81. The predicted molar refractivity (Wildman–Crippen MR) is 118 cm³/mol. The Balaban J connectivity index is 0.00000243. The number of sulfonamides is 1. The van der Waals surface area contributed by atoms with Gasteiger partial charge in [0.25, 0.3) is 0 Å². The molecule has 3 aromatic rings. The van der Waals surface area contributed by atoms with Gasteiger partial charge in [0, 0.05) is 48.9 Å². The lowest BCUT2D eigenvalue weighted by Gasteiger charge is -2.15. The molecular formula is C17H24Cl3N5O2S. The molecule has 11 heteroatoms. The Morgan fingerprint density at radius 2 is 1.96 bits per heavy atom. The highest BCUT2D eigenvalue weighted by Crippen LogP contribution is 2.25. The van der Waals surface area contributed by atoms with E-state index in [0.29, 0.717) is 0 Å². The highest BCUT2D eigenvalue weighted by Gasteiger charge is 2.14. The van der Waals surface area contributed by atoms with Crippen LogP contribution in [0, 0.1) is 0 Å². The molecule has 0 aliphatic carbocycles. The van der Waals surface area contributed by atoms with Crippen molar-refractivity contribution in [3.05, 3.63) is 54.4 Å². The van der Waals surface area contributed by atoms with E-state index < -0.39 is 10.0 Å². The third-order valence-corrected chi connectivity index (χ3v) is 5.05. The van der Waals surface area contributed by atoms with Gasteiger partial charge in [0.2, 0.25) is 10.0 Å². The number of halogens is 3. The molecular weight excluding hydrogens is 445 g/mol. The summed E-state index contributed by atoms with van der Waals surface area (Å²) in [4.78, 5) is 11.7. The number of pyridine rings is 1. The van der Waals surface area contributed by atoms with E-state index in [9.17, 15) is 8.42 Å². The van der Waals surface area contributed by atoms with Crippen LogP contribution in [0.2, 0.25) is 0 Å². The first-order chi connectivity index (χ1) is 11.9. The van der Waals surface area contributed by atoms with Crippen molar-refractivity contribution in [1.82, 2.24) is 20.3 Å². The summed E-state index contributed by atoms with van der Waals surface area (Å²) in [5.74, 6) is 0.186. The van der Waals surface area contributed by atoms with Crippen molar-refractivity contribution in [2.24, 2.45) is 5.14 Å². The van der Waals surface area contributed by atoms with Gasteiger partial charge in [0.1, 0.15) is 0 Å². The minimum absolute atomic E-state index is 0. The molecule has 28 heavy (non-hydrogen) atoms. The smallest absolute Gasteiger partial charge is 0.238 e. The monoisotopic (exact) mass is 467 g/mol. The minimum Gasteiger partial charge on any atom is -0.348 e. The van der Waals surface area contributed by atoms with Crippen molar-refractivity contribution in [3.63, 3.8) is 0 Å². The van der Waals surface area contributed by atoms with Crippen LogP contribution in [0.25, 0.3) is 10.8 Å². The van der Waals surface area contributed by atoms with E-state index in [1.54, 1.807) is 30.7 Å². The molecule has 1 aromatic carbocycles. The molecule has 0 saturated carbocycles. The molecule has 0 aliphatic heterocycles. The van der Waals surface area contributed by atoms with Gasteiger partial charge in [-0.15, -0.1) is 37.2 Å². The first-order valence-electron chi connectivity index (χ1n) is 8.04. The number of fused-ring (bicyclic) bond motifs is 1. The maximum absolute atomic E-state index is 11.5. The van der Waals surface area contributed by atoms with E-state index in [4.69, 9.17) is 5.14 Å². The Bertz CT molecular complexity index is 968. The van der Waals surface area contributed by atoms with E-state index >= 15 is 0 Å². The van der Waals surface area contributed by atoms with Crippen molar-refractivity contribution in [2.75, 3.05) is 13.1 Å². The first kappa shape index (κ1) is 26.6. The van der Waals surface area contributed by atoms with Crippen LogP contribution in [0.1, 0.15) is 24.2 Å². The maximum atomic E-state index is 11.5. The van der Waals surface area contributed by atoms with Gasteiger partial charge >= 0.3 is 0 Å². The summed E-state index contributed by atoms with van der Waals surface area (Å²) < 4.78 is 23.0. The SMILES string of the molecule is C[C@H](CNCCc1cnc[nH]1)c1nccc2cc(S(N)(=O)=O)ccc12.Cl.Cl.Cl. The highest BCUT2D eigenvalue weighted by molar-refractivity contribution is 7.89. The number of hydrogen-bond donors (Lipinski definition) is 3. The molecule has 0 unspecified atom stereocenters. The molecule has 156 valence electrons. The average Bonchev–Trinajstić information content (AvgIpc) is 3.10. The summed E-state index contributed by atoms with van der Waals surface area (Å²) >= 11 is 0. The second-order valence-electron chi connectivity index (χ2n) is 6.06. The van der Waals surface area contributed by atoms with Gasteiger partial charge in [-0.1, -0.05) is 13.0 Å². The molecule has 0 radical (unpaired) electrons. The lowest BCUT2D eigenvalue weighted by molar-refractivity contribution is 0.598. The van der Waals surface area contributed by atoms with Crippen molar-refractivity contribution in [1.29, 1.82) is 0 Å². The number of primary sulfonamides is 1. The molecule has 0 aliphatic rings. The Morgan fingerprint density at radius 3 is 2.61 bits per heavy atom. The van der Waals surface area contributed by atoms with Gasteiger partial charge < -0.3 is 10.3 Å². The van der Waals surface area contributed by atoms with E-state index in [-0.39, 0.29) is 48.0 Å². The van der Waals surface area contributed by atoms with Crippen molar-refractivity contribution >= 4 is 58.0 Å². The third kappa shape index (κ3) is 6.58. The summed E-state index contributed by atoms with van der Waals surface area (Å²) in [5, 5.41) is 10.4. The molecule has 2 heterocycles. The van der Waals surface area contributed by atoms with Crippen LogP contribution in [-0.2, 0) is 16.4 Å². The molecule has 0 saturated heterocycles. The fraction of sp³-hybridized carbons (Fsp3) is 0.294. The zero-order chi connectivity index (χ0) is 17.9. The number of nitrogens with two attached hydrogens (primary N) is 1. The zero-order valence-corrected chi connectivity index (χ0v) is 18.4. The summed E-state index contributed by atoms with van der Waals surface area (Å²) in [7, 11) is -3.71. The van der Waals surface area contributed by atoms with Crippen molar-refractivity contribution in [3.8, 4) is 0 Å². The Morgan fingerprint density at radius 1 is 1.21 bits per heavy atom. The summed E-state index contributed by atoms with van der Waals surface area (Å²) in [5.41, 5.74) is 2.03. The highest BCUT2D eigenvalue weighted by atomic mass is 35.5. The third-order valence-electron chi connectivity index (χ3n) is 4.14. The summed E-state index contributed by atoms with van der Waals surface area (Å²) in [6, 6.07) is 6.69.